The van der Waals surface area contributed by atoms with Gasteiger partial charge >= 0.3 is 0 Å². The summed E-state index contributed by atoms with van der Waals surface area (Å²) in [6.07, 6.45) is 0. The second-order valence-corrected chi connectivity index (χ2v) is 11.1. The summed E-state index contributed by atoms with van der Waals surface area (Å²) in [6.45, 7) is 2.11. The van der Waals surface area contributed by atoms with Crippen LogP contribution in [-0.2, 0) is 23.6 Å². The quantitative estimate of drug-likeness (QED) is 0.256. The number of anilines is 1. The molecule has 0 atom stereocenters. The predicted octanol–water partition coefficient (Wildman–Crippen LogP) is 6.52. The van der Waals surface area contributed by atoms with E-state index in [0.717, 1.165) is 27.3 Å². The number of nitrogens with zero attached hydrogens (tertiary/aromatic N) is 3. The Morgan fingerprint density at radius 2 is 1.51 bits per heavy atom. The van der Waals surface area contributed by atoms with Gasteiger partial charge in [0.1, 0.15) is 11.5 Å². The van der Waals surface area contributed by atoms with Gasteiger partial charge in [0, 0.05) is 12.6 Å². The van der Waals surface area contributed by atoms with Gasteiger partial charge in [-0.15, -0.1) is 11.3 Å². The molecule has 0 saturated heterocycles. The Bertz CT molecular complexity index is 1530. The normalized spacial score (nSPS) is 11.5. The van der Waals surface area contributed by atoms with Gasteiger partial charge in [-0.1, -0.05) is 84.4 Å². The molecule has 7 heteroatoms. The maximum absolute atomic E-state index is 14.1. The van der Waals surface area contributed by atoms with E-state index in [4.69, 9.17) is 4.98 Å². The highest BCUT2D eigenvalue weighted by Crippen LogP contribution is 2.39. The first-order valence-electron chi connectivity index (χ1n) is 11.2. The zero-order chi connectivity index (χ0) is 24.4. The summed E-state index contributed by atoms with van der Waals surface area (Å²) in [4.78, 5) is 6.15. The van der Waals surface area contributed by atoms with Gasteiger partial charge in [-0.2, -0.15) is 0 Å². The molecule has 0 bridgehead atoms. The lowest BCUT2D eigenvalue weighted by Gasteiger charge is -2.24. The fraction of sp³-hybridized carbons (Fsp3) is 0.107. The standard InChI is InChI=1S/C28H25N3O2S2/c1-21-15-17-24(18-16-21)35(32,33)31(20-22-10-5-3-6-11-22)28-26(25-14-9-19-34-25)30(2)27(29-28)23-12-7-4-8-13-23/h3-19H,20H2,1-2H3. The van der Waals surface area contributed by atoms with Crippen LogP contribution in [0.25, 0.3) is 22.0 Å². The molecule has 2 heterocycles. The number of benzene rings is 3. The van der Waals surface area contributed by atoms with Crippen LogP contribution >= 0.6 is 11.3 Å². The number of thiophene rings is 1. The number of rotatable bonds is 7. The molecule has 0 spiro atoms. The van der Waals surface area contributed by atoms with Crippen molar-refractivity contribution in [2.45, 2.75) is 18.4 Å². The van der Waals surface area contributed by atoms with E-state index in [-0.39, 0.29) is 11.4 Å². The van der Waals surface area contributed by atoms with E-state index in [1.165, 1.54) is 4.31 Å². The van der Waals surface area contributed by atoms with E-state index >= 15 is 0 Å². The van der Waals surface area contributed by atoms with E-state index < -0.39 is 10.0 Å². The minimum Gasteiger partial charge on any atom is -0.325 e. The van der Waals surface area contributed by atoms with Crippen molar-refractivity contribution in [3.8, 4) is 22.0 Å². The summed E-state index contributed by atoms with van der Waals surface area (Å²) in [5.74, 6) is 1.12. The number of sulfonamides is 1. The first kappa shape index (κ1) is 23.1. The molecular formula is C28H25N3O2S2. The summed E-state index contributed by atoms with van der Waals surface area (Å²) in [5.41, 5.74) is 3.58. The lowest BCUT2D eigenvalue weighted by Crippen LogP contribution is -2.31. The van der Waals surface area contributed by atoms with Crippen LogP contribution in [-0.4, -0.2) is 18.0 Å². The highest BCUT2D eigenvalue weighted by Gasteiger charge is 2.32. The van der Waals surface area contributed by atoms with Crippen LogP contribution in [0.4, 0.5) is 5.82 Å². The van der Waals surface area contributed by atoms with Gasteiger partial charge in [0.05, 0.1) is 16.3 Å². The fourth-order valence-electron chi connectivity index (χ4n) is 4.05. The molecule has 0 unspecified atom stereocenters. The van der Waals surface area contributed by atoms with Crippen LogP contribution in [0.3, 0.4) is 0 Å². The fourth-order valence-corrected chi connectivity index (χ4v) is 6.26. The zero-order valence-corrected chi connectivity index (χ0v) is 21.1. The second kappa shape index (κ2) is 9.52. The molecule has 2 aromatic heterocycles. The highest BCUT2D eigenvalue weighted by atomic mass is 32.2. The molecule has 0 aliphatic carbocycles. The first-order valence-corrected chi connectivity index (χ1v) is 13.6. The SMILES string of the molecule is Cc1ccc(S(=O)(=O)N(Cc2ccccc2)c2nc(-c3ccccc3)n(C)c2-c2cccs2)cc1. The summed E-state index contributed by atoms with van der Waals surface area (Å²) in [6, 6.07) is 30.4. The summed E-state index contributed by atoms with van der Waals surface area (Å²) in [7, 11) is -1.97. The van der Waals surface area contributed by atoms with Crippen LogP contribution in [0.15, 0.2) is 107 Å². The number of imidazole rings is 1. The molecule has 35 heavy (non-hydrogen) atoms. The Labute approximate surface area is 210 Å². The average Bonchev–Trinajstić information content (AvgIpc) is 3.51. The van der Waals surface area contributed by atoms with Crippen LogP contribution in [0.1, 0.15) is 11.1 Å². The first-order chi connectivity index (χ1) is 16.9. The largest absolute Gasteiger partial charge is 0.325 e. The zero-order valence-electron chi connectivity index (χ0n) is 19.5. The predicted molar refractivity (Wildman–Crippen MR) is 143 cm³/mol. The third kappa shape index (κ3) is 4.52. The summed E-state index contributed by atoms with van der Waals surface area (Å²) >= 11 is 1.56. The Morgan fingerprint density at radius 3 is 2.14 bits per heavy atom. The van der Waals surface area contributed by atoms with Crippen molar-refractivity contribution >= 4 is 27.2 Å². The van der Waals surface area contributed by atoms with Crippen molar-refractivity contribution in [3.05, 3.63) is 114 Å². The molecule has 0 N–H and O–H groups in total. The molecule has 0 aliphatic heterocycles. The molecule has 176 valence electrons. The molecule has 5 aromatic rings. The van der Waals surface area contributed by atoms with Crippen molar-refractivity contribution in [1.29, 1.82) is 0 Å². The Balaban J connectivity index is 1.75. The van der Waals surface area contributed by atoms with Crippen molar-refractivity contribution in [2.24, 2.45) is 7.05 Å². The highest BCUT2D eigenvalue weighted by molar-refractivity contribution is 7.92. The van der Waals surface area contributed by atoms with Gasteiger partial charge in [-0.25, -0.2) is 17.7 Å². The van der Waals surface area contributed by atoms with Gasteiger partial charge in [0.15, 0.2) is 5.82 Å². The third-order valence-corrected chi connectivity index (χ3v) is 8.50. The van der Waals surface area contributed by atoms with Crippen LogP contribution in [0.2, 0.25) is 0 Å². The molecule has 5 nitrogen and oxygen atoms in total. The van der Waals surface area contributed by atoms with Crippen LogP contribution in [0, 0.1) is 6.92 Å². The minimum atomic E-state index is -3.91. The minimum absolute atomic E-state index is 0.167. The Kier molecular flexibility index (Phi) is 6.28. The van der Waals surface area contributed by atoms with E-state index in [1.807, 2.05) is 109 Å². The van der Waals surface area contributed by atoms with Gasteiger partial charge in [0.25, 0.3) is 10.0 Å². The lowest BCUT2D eigenvalue weighted by atomic mass is 10.2. The number of hydrogen-bond donors (Lipinski definition) is 0. The number of aromatic nitrogens is 2. The van der Waals surface area contributed by atoms with Crippen molar-refractivity contribution in [1.82, 2.24) is 9.55 Å². The summed E-state index contributed by atoms with van der Waals surface area (Å²) < 4.78 is 31.6. The van der Waals surface area contributed by atoms with Crippen molar-refractivity contribution in [3.63, 3.8) is 0 Å². The van der Waals surface area contributed by atoms with Crippen molar-refractivity contribution < 1.29 is 8.42 Å². The smallest absolute Gasteiger partial charge is 0.265 e. The third-order valence-electron chi connectivity index (χ3n) is 5.88. The lowest BCUT2D eigenvalue weighted by molar-refractivity contribution is 0.590. The van der Waals surface area contributed by atoms with Crippen LogP contribution in [0.5, 0.6) is 0 Å². The molecule has 3 aromatic carbocycles. The topological polar surface area (TPSA) is 55.2 Å². The summed E-state index contributed by atoms with van der Waals surface area (Å²) in [5, 5.41) is 1.99. The maximum Gasteiger partial charge on any atom is 0.265 e. The van der Waals surface area contributed by atoms with Crippen LogP contribution < -0.4 is 4.31 Å². The monoisotopic (exact) mass is 499 g/mol. The molecule has 0 saturated carbocycles. The van der Waals surface area contributed by atoms with Gasteiger partial charge < -0.3 is 4.57 Å². The number of aryl methyl sites for hydroxylation is 1. The Hall–Kier alpha value is -3.68. The van der Waals surface area contributed by atoms with Gasteiger partial charge in [-0.05, 0) is 36.1 Å². The molecule has 0 amide bonds. The molecule has 5 rings (SSSR count). The van der Waals surface area contributed by atoms with Crippen molar-refractivity contribution in [2.75, 3.05) is 4.31 Å². The Morgan fingerprint density at radius 1 is 0.857 bits per heavy atom. The maximum atomic E-state index is 14.1. The van der Waals surface area contributed by atoms with Gasteiger partial charge in [0.2, 0.25) is 0 Å². The molecular weight excluding hydrogens is 474 g/mol. The average molecular weight is 500 g/mol. The van der Waals surface area contributed by atoms with E-state index in [9.17, 15) is 8.42 Å². The van der Waals surface area contributed by atoms with Gasteiger partial charge in [-0.3, -0.25) is 0 Å². The molecule has 0 radical (unpaired) electrons. The second-order valence-electron chi connectivity index (χ2n) is 8.32. The van der Waals surface area contributed by atoms with E-state index in [2.05, 4.69) is 0 Å². The van der Waals surface area contributed by atoms with E-state index in [0.29, 0.717) is 11.6 Å². The van der Waals surface area contributed by atoms with E-state index in [1.54, 1.807) is 23.5 Å². The molecule has 0 fully saturated rings. The molecule has 0 aliphatic rings. The number of hydrogen-bond acceptors (Lipinski definition) is 4.